The number of anilines is 1. The lowest BCUT2D eigenvalue weighted by molar-refractivity contribution is -0.139. The highest BCUT2D eigenvalue weighted by atomic mass is 35.5. The molecule has 3 rings (SSSR count). The molecule has 3 aromatic rings. The molecule has 7 nitrogen and oxygen atoms in total. The average molecular weight is 602 g/mol. The number of nitrogens with zero attached hydrogens (tertiary/aromatic N) is 2. The van der Waals surface area contributed by atoms with Crippen molar-refractivity contribution in [3.63, 3.8) is 0 Å². The van der Waals surface area contributed by atoms with Crippen molar-refractivity contribution in [1.82, 2.24) is 10.2 Å². The second-order valence-electron chi connectivity index (χ2n) is 9.63. The van der Waals surface area contributed by atoms with Gasteiger partial charge in [-0.2, -0.15) is 0 Å². The summed E-state index contributed by atoms with van der Waals surface area (Å²) in [5.41, 5.74) is 1.95. The van der Waals surface area contributed by atoms with Crippen molar-refractivity contribution in [2.75, 3.05) is 17.1 Å². The van der Waals surface area contributed by atoms with E-state index >= 15 is 0 Å². The normalized spacial score (nSPS) is 12.8. The topological polar surface area (TPSA) is 86.8 Å². The number of nitrogens with one attached hydrogen (secondary N) is 1. The van der Waals surface area contributed by atoms with Gasteiger partial charge in [-0.3, -0.25) is 13.9 Å². The zero-order valence-electron chi connectivity index (χ0n) is 23.4. The maximum atomic E-state index is 14.0. The van der Waals surface area contributed by atoms with Crippen LogP contribution in [0.4, 0.5) is 5.69 Å². The highest BCUT2D eigenvalue weighted by Gasteiger charge is 2.33. The summed E-state index contributed by atoms with van der Waals surface area (Å²) in [4.78, 5) is 29.5. The third-order valence-electron chi connectivity index (χ3n) is 6.72. The van der Waals surface area contributed by atoms with E-state index in [4.69, 9.17) is 11.6 Å². The van der Waals surface area contributed by atoms with E-state index in [1.165, 1.54) is 28.8 Å². The molecule has 0 saturated heterocycles. The Hall–Kier alpha value is -3.01. The molecule has 0 unspecified atom stereocenters. The van der Waals surface area contributed by atoms with Crippen molar-refractivity contribution >= 4 is 50.9 Å². The molecule has 0 fully saturated rings. The molecule has 10 heteroatoms. The first-order valence-corrected chi connectivity index (χ1v) is 16.1. The number of rotatable bonds is 12. The van der Waals surface area contributed by atoms with Crippen LogP contribution in [0.3, 0.4) is 0 Å². The molecule has 0 aromatic heterocycles. The molecule has 1 N–H and O–H groups in total. The standard InChI is InChI=1S/C30H36ClN3O4S2/c1-6-22(3)32-30(36)23(4)33(19-24-9-7-8-10-28(24)31)29(35)20-34(25-13-11-21(2)12-14-25)40(37,38)27-17-15-26(39-5)16-18-27/h7-18,22-23H,6,19-20H2,1-5H3,(H,32,36)/t22-,23-/m1/s1. The van der Waals surface area contributed by atoms with E-state index in [1.54, 1.807) is 67.6 Å². The van der Waals surface area contributed by atoms with Crippen molar-refractivity contribution in [1.29, 1.82) is 0 Å². The molecule has 0 spiro atoms. The van der Waals surface area contributed by atoms with Crippen LogP contribution in [0.5, 0.6) is 0 Å². The Morgan fingerprint density at radius 3 is 2.17 bits per heavy atom. The number of hydrogen-bond acceptors (Lipinski definition) is 5. The van der Waals surface area contributed by atoms with Crippen molar-refractivity contribution in [3.05, 3.63) is 88.9 Å². The molecule has 0 saturated carbocycles. The lowest BCUT2D eigenvalue weighted by atomic mass is 10.1. The van der Waals surface area contributed by atoms with Gasteiger partial charge >= 0.3 is 0 Å². The Morgan fingerprint density at radius 1 is 0.975 bits per heavy atom. The van der Waals surface area contributed by atoms with Gasteiger partial charge in [-0.05, 0) is 81.5 Å². The number of amides is 2. The van der Waals surface area contributed by atoms with Gasteiger partial charge in [-0.25, -0.2) is 8.42 Å². The van der Waals surface area contributed by atoms with Gasteiger partial charge < -0.3 is 10.2 Å². The molecule has 3 aromatic carbocycles. The van der Waals surface area contributed by atoms with E-state index in [1.807, 2.05) is 27.0 Å². The third-order valence-corrected chi connectivity index (χ3v) is 9.62. The number of thioether (sulfide) groups is 1. The SMILES string of the molecule is CC[C@@H](C)NC(=O)[C@@H](C)N(Cc1ccccc1Cl)C(=O)CN(c1ccc(C)cc1)S(=O)(=O)c1ccc(SC)cc1. The molecule has 0 heterocycles. The Kier molecular flexibility index (Phi) is 11.1. The third kappa shape index (κ3) is 7.80. The van der Waals surface area contributed by atoms with Gasteiger partial charge in [0.15, 0.2) is 0 Å². The Morgan fingerprint density at radius 2 is 1.60 bits per heavy atom. The predicted octanol–water partition coefficient (Wildman–Crippen LogP) is 5.90. The van der Waals surface area contributed by atoms with Crippen molar-refractivity contribution in [2.45, 2.75) is 62.5 Å². The van der Waals surface area contributed by atoms with Gasteiger partial charge in [0.2, 0.25) is 11.8 Å². The minimum Gasteiger partial charge on any atom is -0.352 e. The second-order valence-corrected chi connectivity index (χ2v) is 12.8. The van der Waals surface area contributed by atoms with Gasteiger partial charge in [-0.1, -0.05) is 54.4 Å². The summed E-state index contributed by atoms with van der Waals surface area (Å²) in [6.07, 6.45) is 2.64. The molecule has 2 atom stereocenters. The van der Waals surface area contributed by atoms with E-state index in [2.05, 4.69) is 5.32 Å². The van der Waals surface area contributed by atoms with E-state index in [0.717, 1.165) is 21.2 Å². The highest BCUT2D eigenvalue weighted by Crippen LogP contribution is 2.27. The van der Waals surface area contributed by atoms with Gasteiger partial charge in [0.05, 0.1) is 10.6 Å². The van der Waals surface area contributed by atoms with Crippen LogP contribution in [0.15, 0.2) is 82.6 Å². The van der Waals surface area contributed by atoms with Crippen molar-refractivity contribution < 1.29 is 18.0 Å². The van der Waals surface area contributed by atoms with E-state index in [9.17, 15) is 18.0 Å². The lowest BCUT2D eigenvalue weighted by Crippen LogP contribution is -2.52. The Bertz CT molecular complexity index is 1410. The van der Waals surface area contributed by atoms with Crippen LogP contribution < -0.4 is 9.62 Å². The summed E-state index contributed by atoms with van der Waals surface area (Å²) in [5, 5.41) is 3.37. The number of hydrogen-bond donors (Lipinski definition) is 1. The number of sulfonamides is 1. The number of carbonyl (C=O) groups is 2. The van der Waals surface area contributed by atoms with E-state index in [0.29, 0.717) is 16.3 Å². The monoisotopic (exact) mass is 601 g/mol. The van der Waals surface area contributed by atoms with Crippen LogP contribution in [0.25, 0.3) is 0 Å². The number of carbonyl (C=O) groups excluding carboxylic acids is 2. The van der Waals surface area contributed by atoms with Crippen molar-refractivity contribution in [2.24, 2.45) is 0 Å². The summed E-state index contributed by atoms with van der Waals surface area (Å²) in [6.45, 7) is 6.92. The smallest absolute Gasteiger partial charge is 0.264 e. The molecule has 0 aliphatic heterocycles. The summed E-state index contributed by atoms with van der Waals surface area (Å²) >= 11 is 7.92. The molecule has 2 amide bonds. The first-order valence-electron chi connectivity index (χ1n) is 13.0. The fourth-order valence-corrected chi connectivity index (χ4v) is 5.99. The second kappa shape index (κ2) is 14.1. The van der Waals surface area contributed by atoms with Crippen LogP contribution in [-0.2, 0) is 26.2 Å². The molecule has 214 valence electrons. The van der Waals surface area contributed by atoms with Crippen molar-refractivity contribution in [3.8, 4) is 0 Å². The van der Waals surface area contributed by atoms with Crippen LogP contribution >= 0.6 is 23.4 Å². The minimum atomic E-state index is -4.12. The lowest BCUT2D eigenvalue weighted by Gasteiger charge is -2.32. The van der Waals surface area contributed by atoms with E-state index in [-0.39, 0.29) is 23.4 Å². The van der Waals surface area contributed by atoms with Crippen LogP contribution in [-0.4, -0.2) is 50.0 Å². The van der Waals surface area contributed by atoms with Gasteiger partial charge in [0, 0.05) is 22.5 Å². The maximum Gasteiger partial charge on any atom is 0.264 e. The molecule has 0 radical (unpaired) electrons. The fourth-order valence-electron chi connectivity index (χ4n) is 3.97. The summed E-state index contributed by atoms with van der Waals surface area (Å²) < 4.78 is 28.9. The highest BCUT2D eigenvalue weighted by molar-refractivity contribution is 7.98. The minimum absolute atomic E-state index is 0.0395. The van der Waals surface area contributed by atoms with Gasteiger partial charge in [-0.15, -0.1) is 11.8 Å². The first kappa shape index (κ1) is 31.5. The van der Waals surface area contributed by atoms with E-state index < -0.39 is 28.5 Å². The Labute approximate surface area is 247 Å². The summed E-state index contributed by atoms with van der Waals surface area (Å²) in [5.74, 6) is -0.858. The Balaban J connectivity index is 2.03. The van der Waals surface area contributed by atoms with Crippen LogP contribution in [0, 0.1) is 6.92 Å². The molecule has 0 aliphatic carbocycles. The van der Waals surface area contributed by atoms with Crippen LogP contribution in [0.2, 0.25) is 5.02 Å². The fraction of sp³-hybridized carbons (Fsp3) is 0.333. The van der Waals surface area contributed by atoms with Gasteiger partial charge in [0.25, 0.3) is 10.0 Å². The van der Waals surface area contributed by atoms with Crippen LogP contribution in [0.1, 0.15) is 38.3 Å². The maximum absolute atomic E-state index is 14.0. The molecule has 0 aliphatic rings. The summed E-state index contributed by atoms with van der Waals surface area (Å²) in [7, 11) is -4.12. The number of benzene rings is 3. The van der Waals surface area contributed by atoms with Gasteiger partial charge in [0.1, 0.15) is 12.6 Å². The molecule has 40 heavy (non-hydrogen) atoms. The largest absolute Gasteiger partial charge is 0.352 e. The number of halogens is 1. The molecule has 0 bridgehead atoms. The zero-order valence-corrected chi connectivity index (χ0v) is 25.8. The predicted molar refractivity (Wildman–Crippen MR) is 163 cm³/mol. The summed E-state index contributed by atoms with van der Waals surface area (Å²) in [6, 6.07) is 19.6. The zero-order chi connectivity index (χ0) is 29.4. The molecular weight excluding hydrogens is 566 g/mol. The quantitative estimate of drug-likeness (QED) is 0.261. The molecular formula is C30H36ClN3O4S2. The average Bonchev–Trinajstić information content (AvgIpc) is 2.95. The number of aryl methyl sites for hydroxylation is 1. The first-order chi connectivity index (χ1) is 19.0.